The van der Waals surface area contributed by atoms with E-state index in [1.807, 2.05) is 17.5 Å². The monoisotopic (exact) mass is 664 g/mol. The summed E-state index contributed by atoms with van der Waals surface area (Å²) in [6.45, 7) is 0.290. The van der Waals surface area contributed by atoms with Crippen LogP contribution in [0.3, 0.4) is 0 Å². The molecule has 2 aliphatic rings. The number of piperidine rings is 1. The van der Waals surface area contributed by atoms with E-state index in [1.165, 1.54) is 35.7 Å². The zero-order chi connectivity index (χ0) is 31.8. The molecule has 2 amide bonds. The van der Waals surface area contributed by atoms with Gasteiger partial charge in [0.25, 0.3) is 0 Å². The van der Waals surface area contributed by atoms with Crippen LogP contribution in [-0.4, -0.2) is 81.4 Å². The van der Waals surface area contributed by atoms with Gasteiger partial charge in [0.1, 0.15) is 5.69 Å². The third-order valence-electron chi connectivity index (χ3n) is 7.88. The Morgan fingerprint density at radius 3 is 2.62 bits per heavy atom. The third kappa shape index (κ3) is 6.76. The number of carbonyl (C=O) groups is 2. The van der Waals surface area contributed by atoms with E-state index in [2.05, 4.69) is 30.3 Å². The van der Waals surface area contributed by atoms with Crippen LogP contribution < -0.4 is 4.72 Å². The van der Waals surface area contributed by atoms with E-state index >= 15 is 0 Å². The normalized spacial score (nSPS) is 16.9. The van der Waals surface area contributed by atoms with Crippen LogP contribution in [0.15, 0.2) is 51.3 Å². The number of fused-ring (bicyclic) bond motifs is 1. The number of halogens is 3. The summed E-state index contributed by atoms with van der Waals surface area (Å²) >= 11 is 1.50. The van der Waals surface area contributed by atoms with Crippen LogP contribution in [0, 0.1) is 0 Å². The van der Waals surface area contributed by atoms with E-state index in [-0.39, 0.29) is 48.3 Å². The van der Waals surface area contributed by atoms with E-state index in [1.54, 1.807) is 4.90 Å². The number of thiophene rings is 1. The molecule has 3 aromatic heterocycles. The minimum Gasteiger partial charge on any atom is -0.343 e. The number of rotatable bonds is 8. The highest BCUT2D eigenvalue weighted by molar-refractivity contribution is 7.89. The average molecular weight is 665 g/mol. The summed E-state index contributed by atoms with van der Waals surface area (Å²) in [7, 11) is -4.28. The zero-order valence-electron chi connectivity index (χ0n) is 23.5. The molecule has 45 heavy (non-hydrogen) atoms. The quantitative estimate of drug-likeness (QED) is 0.288. The fourth-order valence-electron chi connectivity index (χ4n) is 5.48. The maximum Gasteiger partial charge on any atom is 0.471 e. The van der Waals surface area contributed by atoms with Gasteiger partial charge >= 0.3 is 12.1 Å². The van der Waals surface area contributed by atoms with Crippen LogP contribution in [0.2, 0.25) is 0 Å². The molecule has 0 radical (unpaired) electrons. The number of hydrogen-bond donors (Lipinski definition) is 2. The van der Waals surface area contributed by atoms with E-state index in [0.717, 1.165) is 4.88 Å². The topological polar surface area (TPSA) is 167 Å². The first kappa shape index (κ1) is 30.8. The highest BCUT2D eigenvalue weighted by Gasteiger charge is 2.43. The van der Waals surface area contributed by atoms with Crippen molar-refractivity contribution in [3.63, 3.8) is 0 Å². The number of amides is 2. The van der Waals surface area contributed by atoms with Crippen LogP contribution in [0.4, 0.5) is 13.2 Å². The maximum atomic E-state index is 13.5. The third-order valence-corrected chi connectivity index (χ3v) is 10.2. The Kier molecular flexibility index (Phi) is 8.45. The van der Waals surface area contributed by atoms with Gasteiger partial charge in [-0.15, -0.1) is 16.4 Å². The SMILES string of the molecule is O=C(CC(NS(=O)(=O)c1ccc2c(c1)CN(C(=O)C(F)(F)F)CC2)c1c[nH]nn1)N1CCC(c2nc(-c3cccs3)no2)CC1. The van der Waals surface area contributed by atoms with Gasteiger partial charge in [-0.25, -0.2) is 13.1 Å². The summed E-state index contributed by atoms with van der Waals surface area (Å²) < 4.78 is 73.9. The molecule has 238 valence electrons. The number of aromatic amines is 1. The van der Waals surface area contributed by atoms with E-state index in [0.29, 0.717) is 53.7 Å². The first-order valence-electron chi connectivity index (χ1n) is 14.0. The molecule has 13 nitrogen and oxygen atoms in total. The second-order valence-corrected chi connectivity index (χ2v) is 13.4. The first-order valence-corrected chi connectivity index (χ1v) is 16.4. The van der Waals surface area contributed by atoms with Gasteiger partial charge in [0.15, 0.2) is 0 Å². The van der Waals surface area contributed by atoms with Gasteiger partial charge in [0.05, 0.1) is 15.8 Å². The molecule has 0 aliphatic carbocycles. The Balaban J connectivity index is 1.12. The van der Waals surface area contributed by atoms with Gasteiger partial charge < -0.3 is 14.3 Å². The predicted molar refractivity (Wildman–Crippen MR) is 152 cm³/mol. The van der Waals surface area contributed by atoms with Gasteiger partial charge in [-0.05, 0) is 54.0 Å². The minimum atomic E-state index is -5.03. The van der Waals surface area contributed by atoms with Crippen LogP contribution in [-0.2, 0) is 32.6 Å². The van der Waals surface area contributed by atoms with Crippen molar-refractivity contribution in [2.24, 2.45) is 0 Å². The lowest BCUT2D eigenvalue weighted by molar-refractivity contribution is -0.186. The van der Waals surface area contributed by atoms with E-state index < -0.39 is 28.1 Å². The summed E-state index contributed by atoms with van der Waals surface area (Å²) in [5, 5.41) is 16.1. The van der Waals surface area contributed by atoms with E-state index in [4.69, 9.17) is 4.52 Å². The summed E-state index contributed by atoms with van der Waals surface area (Å²) in [5.41, 5.74) is 1.13. The molecule has 0 bridgehead atoms. The molecule has 2 N–H and O–H groups in total. The lowest BCUT2D eigenvalue weighted by Gasteiger charge is -2.31. The number of alkyl halides is 3. The van der Waals surface area contributed by atoms with Gasteiger partial charge in [-0.2, -0.15) is 18.2 Å². The number of sulfonamides is 1. The highest BCUT2D eigenvalue weighted by atomic mass is 32.2. The molecular formula is C27H27F3N8O5S2. The Morgan fingerprint density at radius 1 is 1.13 bits per heavy atom. The molecule has 5 heterocycles. The number of likely N-dealkylation sites (tertiary alicyclic amines) is 1. The van der Waals surface area contributed by atoms with Gasteiger partial charge in [-0.1, -0.05) is 22.5 Å². The Morgan fingerprint density at radius 2 is 1.93 bits per heavy atom. The van der Waals surface area contributed by atoms with Crippen molar-refractivity contribution in [1.82, 2.24) is 40.1 Å². The second-order valence-electron chi connectivity index (χ2n) is 10.8. The molecule has 1 unspecified atom stereocenters. The molecule has 4 aromatic rings. The summed E-state index contributed by atoms with van der Waals surface area (Å²) in [6, 6.07) is 6.84. The number of aromatic nitrogens is 5. The number of carbonyl (C=O) groups excluding carboxylic acids is 2. The molecule has 0 saturated carbocycles. The van der Waals surface area contributed by atoms with Crippen molar-refractivity contribution in [2.45, 2.75) is 55.3 Å². The average Bonchev–Trinajstić information content (AvgIpc) is 3.82. The van der Waals surface area contributed by atoms with Crippen molar-refractivity contribution in [3.8, 4) is 10.7 Å². The number of hydrogen-bond acceptors (Lipinski definition) is 10. The van der Waals surface area contributed by atoms with Crippen LogP contribution in [0.1, 0.15) is 53.9 Å². The maximum absolute atomic E-state index is 13.5. The lowest BCUT2D eigenvalue weighted by atomic mass is 9.96. The van der Waals surface area contributed by atoms with Crippen LogP contribution >= 0.6 is 11.3 Å². The smallest absolute Gasteiger partial charge is 0.343 e. The van der Waals surface area contributed by atoms with Crippen molar-refractivity contribution >= 4 is 33.2 Å². The number of nitrogens with zero attached hydrogens (tertiary/aromatic N) is 6. The molecule has 0 spiro atoms. The number of nitrogens with one attached hydrogen (secondary N) is 2. The molecular weight excluding hydrogens is 637 g/mol. The zero-order valence-corrected chi connectivity index (χ0v) is 25.2. The molecule has 1 fully saturated rings. The summed E-state index contributed by atoms with van der Waals surface area (Å²) in [5.74, 6) is -1.28. The lowest BCUT2D eigenvalue weighted by Crippen LogP contribution is -2.43. The Hall–Kier alpha value is -4.16. The summed E-state index contributed by atoms with van der Waals surface area (Å²) in [4.78, 5) is 32.6. The second kappa shape index (κ2) is 12.3. The molecule has 1 saturated heterocycles. The molecule has 1 atom stereocenters. The first-order chi connectivity index (χ1) is 21.5. The fraction of sp³-hybridized carbons (Fsp3) is 0.407. The molecule has 18 heteroatoms. The van der Waals surface area contributed by atoms with Crippen molar-refractivity contribution in [3.05, 3.63) is 64.6 Å². The van der Waals surface area contributed by atoms with Gasteiger partial charge in [0.2, 0.25) is 27.6 Å². The standard InChI is InChI=1S/C27H27F3N8O5S2/c28-27(29,30)26(40)38-10-5-16-3-4-19(12-18(16)15-38)45(41,42)35-20(21-14-31-36-33-21)13-23(39)37-8-6-17(7-9-37)25-32-24(34-43-25)22-2-1-11-44-22/h1-4,11-12,14,17,20,35H,5-10,13,15H2,(H,31,33,36). The minimum absolute atomic E-state index is 0.0218. The van der Waals surface area contributed by atoms with Crippen molar-refractivity contribution < 1.29 is 35.7 Å². The Bertz CT molecular complexity index is 1770. The van der Waals surface area contributed by atoms with Crippen LogP contribution in [0.25, 0.3) is 10.7 Å². The van der Waals surface area contributed by atoms with Crippen molar-refractivity contribution in [1.29, 1.82) is 0 Å². The highest BCUT2D eigenvalue weighted by Crippen LogP contribution is 2.31. The number of benzene rings is 1. The number of H-pyrrole nitrogens is 1. The Labute approximate surface area is 258 Å². The fourth-order valence-corrected chi connectivity index (χ4v) is 7.39. The van der Waals surface area contributed by atoms with Gasteiger partial charge in [-0.3, -0.25) is 14.7 Å². The molecule has 2 aliphatic heterocycles. The largest absolute Gasteiger partial charge is 0.471 e. The molecule has 1 aromatic carbocycles. The molecule has 6 rings (SSSR count). The predicted octanol–water partition coefficient (Wildman–Crippen LogP) is 3.18. The van der Waals surface area contributed by atoms with Gasteiger partial charge in [0, 0.05) is 44.7 Å². The van der Waals surface area contributed by atoms with E-state index in [9.17, 15) is 31.2 Å². The van der Waals surface area contributed by atoms with Crippen molar-refractivity contribution in [2.75, 3.05) is 19.6 Å². The summed E-state index contributed by atoms with van der Waals surface area (Å²) in [6.07, 6.45) is -2.59. The van der Waals surface area contributed by atoms with Crippen LogP contribution in [0.5, 0.6) is 0 Å².